The van der Waals surface area contributed by atoms with E-state index in [0.717, 1.165) is 0 Å². The van der Waals surface area contributed by atoms with Gasteiger partial charge in [-0.2, -0.15) is 0 Å². The van der Waals surface area contributed by atoms with Crippen molar-refractivity contribution >= 4 is 35.6 Å². The molecule has 0 aromatic carbocycles. The van der Waals surface area contributed by atoms with Crippen molar-refractivity contribution in [3.8, 4) is 0 Å². The highest BCUT2D eigenvalue weighted by Gasteiger charge is 2.32. The molecule has 0 heterocycles. The average molecular weight is 461 g/mol. The lowest BCUT2D eigenvalue weighted by Crippen LogP contribution is -2.58. The molecule has 0 aliphatic rings. The number of nitrogens with one attached hydrogen (secondary N) is 3. The summed E-state index contributed by atoms with van der Waals surface area (Å²) in [5.74, 6) is -6.54. The van der Waals surface area contributed by atoms with Crippen LogP contribution >= 0.6 is 0 Å². The maximum atomic E-state index is 12.7. The van der Waals surface area contributed by atoms with E-state index in [1.54, 1.807) is 13.8 Å². The largest absolute Gasteiger partial charge is 0.481 e. The first-order chi connectivity index (χ1) is 14.8. The summed E-state index contributed by atoms with van der Waals surface area (Å²) in [7, 11) is 0. The summed E-state index contributed by atoms with van der Waals surface area (Å²) in [6.07, 6.45) is -1.08. The van der Waals surface area contributed by atoms with E-state index in [1.807, 2.05) is 0 Å². The molecule has 0 fully saturated rings. The van der Waals surface area contributed by atoms with Gasteiger partial charge in [0.05, 0.1) is 12.6 Å². The monoisotopic (exact) mass is 461 g/mol. The predicted octanol–water partition coefficient (Wildman–Crippen LogP) is -3.37. The molecule has 4 amide bonds. The van der Waals surface area contributed by atoms with Crippen LogP contribution in [0.1, 0.15) is 39.5 Å². The van der Waals surface area contributed by atoms with Crippen molar-refractivity contribution in [3.05, 3.63) is 0 Å². The lowest BCUT2D eigenvalue weighted by molar-refractivity contribution is -0.143. The normalized spacial score (nSPS) is 14.5. The van der Waals surface area contributed by atoms with E-state index in [2.05, 4.69) is 16.0 Å². The van der Waals surface area contributed by atoms with E-state index in [4.69, 9.17) is 26.8 Å². The topological polar surface area (TPSA) is 251 Å². The number of hydrogen-bond acceptors (Lipinski definition) is 8. The van der Waals surface area contributed by atoms with E-state index in [1.165, 1.54) is 0 Å². The quantitative estimate of drug-likeness (QED) is 0.120. The minimum Gasteiger partial charge on any atom is -0.481 e. The molecule has 0 saturated heterocycles. The molecule has 182 valence electrons. The molecule has 0 spiro atoms. The number of hydrogen-bond donors (Lipinski definition) is 8. The van der Waals surface area contributed by atoms with Crippen molar-refractivity contribution in [3.63, 3.8) is 0 Å². The van der Waals surface area contributed by atoms with Crippen LogP contribution in [0.3, 0.4) is 0 Å². The van der Waals surface area contributed by atoms with Crippen LogP contribution in [0.4, 0.5) is 0 Å². The molecule has 0 aliphatic carbocycles. The molecule has 32 heavy (non-hydrogen) atoms. The Labute approximate surface area is 184 Å². The second kappa shape index (κ2) is 13.9. The van der Waals surface area contributed by atoms with Crippen molar-refractivity contribution in [1.82, 2.24) is 16.0 Å². The van der Waals surface area contributed by atoms with E-state index in [9.17, 15) is 28.8 Å². The number of carboxylic acids is 2. The van der Waals surface area contributed by atoms with Gasteiger partial charge in [0.2, 0.25) is 23.6 Å². The molecular formula is C18H31N5O9. The molecule has 0 saturated carbocycles. The summed E-state index contributed by atoms with van der Waals surface area (Å²) in [4.78, 5) is 70.1. The zero-order valence-electron chi connectivity index (χ0n) is 17.9. The fraction of sp³-hybridized carbons (Fsp3) is 0.667. The van der Waals surface area contributed by atoms with Crippen LogP contribution < -0.4 is 27.4 Å². The lowest BCUT2D eigenvalue weighted by atomic mass is 10.0. The SMILES string of the molecule is CC(C)C(NC(=O)C(CCC(=O)O)NC(=O)C(N)CCC(N)=O)C(=O)NC(CO)C(=O)O. The third-order valence-corrected chi connectivity index (χ3v) is 4.36. The summed E-state index contributed by atoms with van der Waals surface area (Å²) < 4.78 is 0. The fourth-order valence-electron chi connectivity index (χ4n) is 2.48. The summed E-state index contributed by atoms with van der Waals surface area (Å²) in [5.41, 5.74) is 10.7. The van der Waals surface area contributed by atoms with Crippen molar-refractivity contribution in [2.75, 3.05) is 6.61 Å². The zero-order valence-corrected chi connectivity index (χ0v) is 17.9. The third kappa shape index (κ3) is 10.7. The molecule has 0 rings (SSSR count). The average Bonchev–Trinajstić information content (AvgIpc) is 2.69. The first kappa shape index (κ1) is 28.7. The Hall–Kier alpha value is -3.26. The van der Waals surface area contributed by atoms with Gasteiger partial charge in [0, 0.05) is 12.8 Å². The van der Waals surface area contributed by atoms with Gasteiger partial charge in [0.25, 0.3) is 0 Å². The summed E-state index contributed by atoms with van der Waals surface area (Å²) in [6, 6.07) is -5.40. The Bertz CT molecular complexity index is 713. The van der Waals surface area contributed by atoms with Gasteiger partial charge in [-0.15, -0.1) is 0 Å². The highest BCUT2D eigenvalue weighted by Crippen LogP contribution is 2.06. The number of carbonyl (C=O) groups excluding carboxylic acids is 4. The van der Waals surface area contributed by atoms with Crippen molar-refractivity contribution in [1.29, 1.82) is 0 Å². The maximum absolute atomic E-state index is 12.7. The minimum atomic E-state index is -1.59. The van der Waals surface area contributed by atoms with Crippen LogP contribution in [-0.4, -0.2) is 81.7 Å². The molecule has 0 radical (unpaired) electrons. The van der Waals surface area contributed by atoms with E-state index >= 15 is 0 Å². The van der Waals surface area contributed by atoms with Gasteiger partial charge < -0.3 is 42.7 Å². The Kier molecular flexibility index (Phi) is 12.5. The van der Waals surface area contributed by atoms with Crippen LogP contribution in [0.25, 0.3) is 0 Å². The predicted molar refractivity (Wildman–Crippen MR) is 109 cm³/mol. The molecule has 4 unspecified atom stereocenters. The van der Waals surface area contributed by atoms with Crippen LogP contribution in [-0.2, 0) is 28.8 Å². The van der Waals surface area contributed by atoms with Gasteiger partial charge in [0.1, 0.15) is 18.1 Å². The second-order valence-electron chi connectivity index (χ2n) is 7.42. The van der Waals surface area contributed by atoms with Gasteiger partial charge in [-0.1, -0.05) is 13.8 Å². The van der Waals surface area contributed by atoms with Crippen molar-refractivity contribution in [2.24, 2.45) is 17.4 Å². The molecule has 0 aliphatic heterocycles. The first-order valence-electron chi connectivity index (χ1n) is 9.80. The third-order valence-electron chi connectivity index (χ3n) is 4.36. The summed E-state index contributed by atoms with van der Waals surface area (Å²) in [5, 5.41) is 33.7. The maximum Gasteiger partial charge on any atom is 0.328 e. The second-order valence-corrected chi connectivity index (χ2v) is 7.42. The van der Waals surface area contributed by atoms with Gasteiger partial charge in [-0.05, 0) is 18.8 Å². The highest BCUT2D eigenvalue weighted by atomic mass is 16.4. The number of rotatable bonds is 15. The van der Waals surface area contributed by atoms with Gasteiger partial charge >= 0.3 is 11.9 Å². The smallest absolute Gasteiger partial charge is 0.328 e. The van der Waals surface area contributed by atoms with E-state index < -0.39 is 78.7 Å². The zero-order chi connectivity index (χ0) is 25.0. The van der Waals surface area contributed by atoms with Crippen molar-refractivity contribution in [2.45, 2.75) is 63.7 Å². The Morgan fingerprint density at radius 3 is 1.81 bits per heavy atom. The first-order valence-corrected chi connectivity index (χ1v) is 9.80. The molecule has 0 aromatic heterocycles. The van der Waals surface area contributed by atoms with Crippen LogP contribution in [0.5, 0.6) is 0 Å². The number of aliphatic hydroxyl groups is 1. The molecule has 0 aromatic rings. The van der Waals surface area contributed by atoms with Gasteiger partial charge in [-0.3, -0.25) is 24.0 Å². The molecule has 0 bridgehead atoms. The van der Waals surface area contributed by atoms with Crippen LogP contribution in [0, 0.1) is 5.92 Å². The number of nitrogens with two attached hydrogens (primary N) is 2. The molecule has 14 nitrogen and oxygen atoms in total. The number of amides is 4. The minimum absolute atomic E-state index is 0.0940. The molecule has 10 N–H and O–H groups in total. The Morgan fingerprint density at radius 1 is 0.812 bits per heavy atom. The number of carbonyl (C=O) groups is 6. The summed E-state index contributed by atoms with van der Waals surface area (Å²) >= 11 is 0. The Morgan fingerprint density at radius 2 is 1.38 bits per heavy atom. The van der Waals surface area contributed by atoms with Crippen LogP contribution in [0.2, 0.25) is 0 Å². The molecular weight excluding hydrogens is 430 g/mol. The van der Waals surface area contributed by atoms with Gasteiger partial charge in [0.15, 0.2) is 0 Å². The van der Waals surface area contributed by atoms with Gasteiger partial charge in [-0.25, -0.2) is 4.79 Å². The lowest BCUT2D eigenvalue weighted by Gasteiger charge is -2.26. The highest BCUT2D eigenvalue weighted by molar-refractivity contribution is 5.94. The standard InChI is InChI=1S/C18H31N5O9/c1-8(2)14(17(30)22-11(7-24)18(31)32)23-16(29)10(4-6-13(26)27)21-15(28)9(19)3-5-12(20)25/h8-11,14,24H,3-7,19H2,1-2H3,(H2,20,25)(H,21,28)(H,22,30)(H,23,29)(H,26,27)(H,31,32). The molecule has 14 heteroatoms. The number of aliphatic hydroxyl groups excluding tert-OH is 1. The van der Waals surface area contributed by atoms with Crippen LogP contribution in [0.15, 0.2) is 0 Å². The number of carboxylic acid groups (broad SMARTS) is 2. The fourth-order valence-corrected chi connectivity index (χ4v) is 2.48. The van der Waals surface area contributed by atoms with Crippen molar-refractivity contribution < 1.29 is 44.1 Å². The summed E-state index contributed by atoms with van der Waals surface area (Å²) in [6.45, 7) is 2.24. The van der Waals surface area contributed by atoms with E-state index in [0.29, 0.717) is 0 Å². The Balaban J connectivity index is 5.38. The molecule has 4 atom stereocenters. The number of primary amides is 1. The number of aliphatic carboxylic acids is 2. The van der Waals surface area contributed by atoms with E-state index in [-0.39, 0.29) is 19.3 Å².